The van der Waals surface area contributed by atoms with E-state index in [2.05, 4.69) is 10.4 Å². The summed E-state index contributed by atoms with van der Waals surface area (Å²) in [4.78, 5) is 23.3. The maximum absolute atomic E-state index is 12.0. The fourth-order valence-electron chi connectivity index (χ4n) is 1.90. The van der Waals surface area contributed by atoms with Crippen LogP contribution >= 0.6 is 0 Å². The molecular formula is C14H15N3O4. The highest BCUT2D eigenvalue weighted by atomic mass is 16.4. The van der Waals surface area contributed by atoms with E-state index in [0.29, 0.717) is 5.56 Å². The summed E-state index contributed by atoms with van der Waals surface area (Å²) in [6.07, 6.45) is 1.59. The first-order chi connectivity index (χ1) is 9.97. The van der Waals surface area contributed by atoms with Gasteiger partial charge in [0, 0.05) is 19.7 Å². The number of hydrogen-bond acceptors (Lipinski definition) is 4. The molecule has 3 N–H and O–H groups in total. The quantitative estimate of drug-likeness (QED) is 0.745. The van der Waals surface area contributed by atoms with Crippen molar-refractivity contribution in [3.63, 3.8) is 0 Å². The maximum Gasteiger partial charge on any atom is 0.326 e. The van der Waals surface area contributed by atoms with Crippen LogP contribution in [-0.4, -0.2) is 37.9 Å². The molecule has 0 bridgehead atoms. The second-order valence-electron chi connectivity index (χ2n) is 4.57. The molecule has 1 atom stereocenters. The van der Waals surface area contributed by atoms with Crippen molar-refractivity contribution in [2.24, 2.45) is 7.05 Å². The molecule has 7 heteroatoms. The van der Waals surface area contributed by atoms with Crippen molar-refractivity contribution in [1.29, 1.82) is 0 Å². The maximum atomic E-state index is 12.0. The minimum absolute atomic E-state index is 0.101. The zero-order valence-electron chi connectivity index (χ0n) is 11.4. The van der Waals surface area contributed by atoms with Crippen molar-refractivity contribution in [3.05, 3.63) is 47.8 Å². The first-order valence-corrected chi connectivity index (χ1v) is 6.27. The second kappa shape index (κ2) is 6.08. The van der Waals surface area contributed by atoms with Crippen molar-refractivity contribution < 1.29 is 19.8 Å². The van der Waals surface area contributed by atoms with E-state index in [4.69, 9.17) is 0 Å². The lowest BCUT2D eigenvalue weighted by atomic mass is 10.1. The molecule has 1 heterocycles. The van der Waals surface area contributed by atoms with E-state index < -0.39 is 17.9 Å². The Bertz CT molecular complexity index is 648. The lowest BCUT2D eigenvalue weighted by molar-refractivity contribution is -0.139. The van der Waals surface area contributed by atoms with Crippen molar-refractivity contribution in [2.75, 3.05) is 0 Å². The van der Waals surface area contributed by atoms with Crippen LogP contribution in [-0.2, 0) is 18.3 Å². The Morgan fingerprint density at radius 3 is 2.48 bits per heavy atom. The summed E-state index contributed by atoms with van der Waals surface area (Å²) in [6, 6.07) is 6.61. The molecule has 1 aromatic carbocycles. The van der Waals surface area contributed by atoms with E-state index in [0.717, 1.165) is 0 Å². The van der Waals surface area contributed by atoms with Crippen molar-refractivity contribution in [1.82, 2.24) is 15.1 Å². The summed E-state index contributed by atoms with van der Waals surface area (Å²) in [5, 5.41) is 24.7. The van der Waals surface area contributed by atoms with Crippen LogP contribution in [0.5, 0.6) is 5.75 Å². The summed E-state index contributed by atoms with van der Waals surface area (Å²) in [7, 11) is 1.60. The number of carbonyl (C=O) groups is 2. The van der Waals surface area contributed by atoms with Crippen molar-refractivity contribution >= 4 is 11.9 Å². The number of nitrogens with zero attached hydrogens (tertiary/aromatic N) is 2. The summed E-state index contributed by atoms with van der Waals surface area (Å²) >= 11 is 0. The molecule has 0 aliphatic heterocycles. The van der Waals surface area contributed by atoms with Crippen molar-refractivity contribution in [3.8, 4) is 5.75 Å². The Kier molecular flexibility index (Phi) is 4.22. The molecule has 21 heavy (non-hydrogen) atoms. The Morgan fingerprint density at radius 1 is 1.29 bits per heavy atom. The summed E-state index contributed by atoms with van der Waals surface area (Å²) in [6.45, 7) is 0. The summed E-state index contributed by atoms with van der Waals surface area (Å²) in [5.74, 6) is -1.52. The molecule has 0 spiro atoms. The molecule has 1 amide bonds. The predicted octanol–water partition coefficient (Wildman–Crippen LogP) is 0.551. The molecule has 110 valence electrons. The summed E-state index contributed by atoms with van der Waals surface area (Å²) in [5.41, 5.74) is 0.984. The highest BCUT2D eigenvalue weighted by Gasteiger charge is 2.22. The third-order valence-electron chi connectivity index (χ3n) is 3.03. The van der Waals surface area contributed by atoms with Gasteiger partial charge in [-0.2, -0.15) is 5.10 Å². The number of carboxylic acid groups (broad SMARTS) is 1. The van der Waals surface area contributed by atoms with Crippen LogP contribution in [0.1, 0.15) is 16.1 Å². The molecule has 0 aliphatic carbocycles. The zero-order chi connectivity index (χ0) is 15.4. The Morgan fingerprint density at radius 2 is 1.95 bits per heavy atom. The van der Waals surface area contributed by atoms with Gasteiger partial charge in [0.1, 0.15) is 17.5 Å². The number of nitrogens with one attached hydrogen (secondary N) is 1. The topological polar surface area (TPSA) is 104 Å². The summed E-state index contributed by atoms with van der Waals surface area (Å²) < 4.78 is 1.37. The van der Waals surface area contributed by atoms with Gasteiger partial charge in [-0.25, -0.2) is 4.79 Å². The fraction of sp³-hybridized carbons (Fsp3) is 0.214. The molecule has 1 aromatic heterocycles. The molecule has 0 unspecified atom stereocenters. The van der Waals surface area contributed by atoms with E-state index in [9.17, 15) is 19.8 Å². The van der Waals surface area contributed by atoms with Crippen LogP contribution in [0.4, 0.5) is 0 Å². The molecule has 2 rings (SSSR count). The van der Waals surface area contributed by atoms with E-state index in [1.54, 1.807) is 19.2 Å². The third kappa shape index (κ3) is 3.59. The van der Waals surface area contributed by atoms with Gasteiger partial charge in [-0.15, -0.1) is 0 Å². The van der Waals surface area contributed by atoms with Gasteiger partial charge in [-0.05, 0) is 23.8 Å². The molecule has 7 nitrogen and oxygen atoms in total. The van der Waals surface area contributed by atoms with Crippen LogP contribution in [0.15, 0.2) is 36.5 Å². The van der Waals surface area contributed by atoms with E-state index >= 15 is 0 Å². The monoisotopic (exact) mass is 289 g/mol. The Labute approximate surface area is 120 Å². The lowest BCUT2D eigenvalue weighted by Crippen LogP contribution is -2.42. The number of phenolic OH excluding ortho intramolecular Hbond substituents is 1. The highest BCUT2D eigenvalue weighted by molar-refractivity contribution is 5.95. The number of aromatic nitrogens is 2. The highest BCUT2D eigenvalue weighted by Crippen LogP contribution is 2.11. The van der Waals surface area contributed by atoms with Crippen LogP contribution in [0.25, 0.3) is 0 Å². The first kappa shape index (κ1) is 14.6. The van der Waals surface area contributed by atoms with Crippen molar-refractivity contribution in [2.45, 2.75) is 12.5 Å². The average Bonchev–Trinajstić information content (AvgIpc) is 2.86. The van der Waals surface area contributed by atoms with Crippen LogP contribution in [0.2, 0.25) is 0 Å². The lowest BCUT2D eigenvalue weighted by Gasteiger charge is -2.14. The van der Waals surface area contributed by atoms with E-state index in [1.807, 2.05) is 0 Å². The fourth-order valence-corrected chi connectivity index (χ4v) is 1.90. The SMILES string of the molecule is Cn1nccc1C(=O)N[C@@H](Cc1ccc(O)cc1)C(=O)O. The number of aliphatic carboxylic acids is 1. The third-order valence-corrected chi connectivity index (χ3v) is 3.03. The number of benzene rings is 1. The molecule has 2 aromatic rings. The van der Waals surface area contributed by atoms with Crippen LogP contribution < -0.4 is 5.32 Å². The Balaban J connectivity index is 2.09. The number of phenols is 1. The predicted molar refractivity (Wildman–Crippen MR) is 73.9 cm³/mol. The van der Waals surface area contributed by atoms with E-state index in [-0.39, 0.29) is 17.9 Å². The number of carboxylic acids is 1. The number of amides is 1. The van der Waals surface area contributed by atoms with Gasteiger partial charge in [0.15, 0.2) is 0 Å². The van der Waals surface area contributed by atoms with Crippen LogP contribution in [0.3, 0.4) is 0 Å². The molecule has 0 saturated carbocycles. The number of hydrogen-bond donors (Lipinski definition) is 3. The average molecular weight is 289 g/mol. The largest absolute Gasteiger partial charge is 0.508 e. The van der Waals surface area contributed by atoms with Crippen LogP contribution in [0, 0.1) is 0 Å². The molecule has 0 radical (unpaired) electrons. The second-order valence-corrected chi connectivity index (χ2v) is 4.57. The number of aryl methyl sites for hydroxylation is 1. The molecule has 0 fully saturated rings. The normalized spacial score (nSPS) is 11.9. The van der Waals surface area contributed by atoms with Gasteiger partial charge in [-0.3, -0.25) is 9.48 Å². The number of aromatic hydroxyl groups is 1. The first-order valence-electron chi connectivity index (χ1n) is 6.27. The molecule has 0 saturated heterocycles. The van der Waals surface area contributed by atoms with Gasteiger partial charge >= 0.3 is 5.97 Å². The van der Waals surface area contributed by atoms with Gasteiger partial charge in [0.25, 0.3) is 5.91 Å². The molecular weight excluding hydrogens is 274 g/mol. The Hall–Kier alpha value is -2.83. The standard InChI is InChI=1S/C14H15N3O4/c1-17-12(6-7-15-17)13(19)16-11(14(20)21)8-9-2-4-10(18)5-3-9/h2-7,11,18H,8H2,1H3,(H,16,19)(H,20,21)/t11-/m0/s1. The van der Waals surface area contributed by atoms with Gasteiger partial charge < -0.3 is 15.5 Å². The molecule has 0 aliphatic rings. The van der Waals surface area contributed by atoms with Gasteiger partial charge in [0.2, 0.25) is 0 Å². The number of rotatable bonds is 5. The minimum Gasteiger partial charge on any atom is -0.508 e. The zero-order valence-corrected chi connectivity index (χ0v) is 11.4. The van der Waals surface area contributed by atoms with Gasteiger partial charge in [-0.1, -0.05) is 12.1 Å². The van der Waals surface area contributed by atoms with Gasteiger partial charge in [0.05, 0.1) is 0 Å². The number of carbonyl (C=O) groups excluding carboxylic acids is 1. The van der Waals surface area contributed by atoms with E-state index in [1.165, 1.54) is 29.1 Å². The minimum atomic E-state index is -1.13. The smallest absolute Gasteiger partial charge is 0.326 e.